The fraction of sp³-hybridized carbons (Fsp3) is 0.800. The molecule has 0 aromatic heterocycles. The number of carbonyl (C=O) groups is 2. The molecule has 0 aromatic rings. The van der Waals surface area contributed by atoms with Gasteiger partial charge in [0.2, 0.25) is 0 Å². The molecule has 0 bridgehead atoms. The molecule has 0 radical (unpaired) electrons. The second-order valence-electron chi connectivity index (χ2n) is 4.14. The standard InChI is InChI=1S/C10H19N3O3/c1-6-3-4-8(5-12-6)16-7(2)9(14)13-10(11)15/h6-8,12H,3-5H2,1-2H3,(H3,11,13,14,15). The number of imide groups is 1. The van der Waals surface area contributed by atoms with Crippen LogP contribution in [0.2, 0.25) is 0 Å². The molecule has 4 N–H and O–H groups in total. The summed E-state index contributed by atoms with van der Waals surface area (Å²) in [6.07, 6.45) is 1.30. The number of urea groups is 1. The lowest BCUT2D eigenvalue weighted by molar-refractivity contribution is -0.134. The number of nitrogens with two attached hydrogens (primary N) is 1. The molecule has 1 heterocycles. The second-order valence-corrected chi connectivity index (χ2v) is 4.14. The van der Waals surface area contributed by atoms with Gasteiger partial charge >= 0.3 is 6.03 Å². The minimum Gasteiger partial charge on any atom is -0.364 e. The molecule has 3 amide bonds. The molecule has 0 spiro atoms. The van der Waals surface area contributed by atoms with Gasteiger partial charge in [-0.05, 0) is 26.7 Å². The van der Waals surface area contributed by atoms with Gasteiger partial charge in [0.25, 0.3) is 5.91 Å². The summed E-state index contributed by atoms with van der Waals surface area (Å²) < 4.78 is 5.52. The Morgan fingerprint density at radius 1 is 1.50 bits per heavy atom. The summed E-state index contributed by atoms with van der Waals surface area (Å²) >= 11 is 0. The maximum Gasteiger partial charge on any atom is 0.318 e. The van der Waals surface area contributed by atoms with E-state index in [9.17, 15) is 9.59 Å². The molecule has 1 aliphatic heterocycles. The first kappa shape index (κ1) is 12.9. The van der Waals surface area contributed by atoms with Gasteiger partial charge in [0.1, 0.15) is 6.10 Å². The van der Waals surface area contributed by atoms with Gasteiger partial charge in [-0.15, -0.1) is 0 Å². The number of amides is 3. The third-order valence-corrected chi connectivity index (χ3v) is 2.63. The van der Waals surface area contributed by atoms with Crippen LogP contribution < -0.4 is 16.4 Å². The third kappa shape index (κ3) is 4.16. The van der Waals surface area contributed by atoms with Gasteiger partial charge in [0.05, 0.1) is 6.10 Å². The zero-order chi connectivity index (χ0) is 12.1. The number of piperidine rings is 1. The van der Waals surface area contributed by atoms with Crippen LogP contribution in [0.3, 0.4) is 0 Å². The SMILES string of the molecule is CC1CCC(OC(C)C(=O)NC(N)=O)CN1. The van der Waals surface area contributed by atoms with Crippen molar-refractivity contribution in [3.8, 4) is 0 Å². The Morgan fingerprint density at radius 2 is 2.19 bits per heavy atom. The van der Waals surface area contributed by atoms with Crippen LogP contribution in [0.15, 0.2) is 0 Å². The Hall–Kier alpha value is -1.14. The highest BCUT2D eigenvalue weighted by atomic mass is 16.5. The van der Waals surface area contributed by atoms with Crippen LogP contribution in [0.1, 0.15) is 26.7 Å². The van der Waals surface area contributed by atoms with Gasteiger partial charge in [-0.3, -0.25) is 10.1 Å². The van der Waals surface area contributed by atoms with Crippen molar-refractivity contribution in [3.63, 3.8) is 0 Å². The zero-order valence-electron chi connectivity index (χ0n) is 9.66. The summed E-state index contributed by atoms with van der Waals surface area (Å²) in [4.78, 5) is 21.8. The van der Waals surface area contributed by atoms with Crippen LogP contribution in [0.4, 0.5) is 4.79 Å². The molecule has 0 saturated carbocycles. The first-order valence-corrected chi connectivity index (χ1v) is 5.48. The van der Waals surface area contributed by atoms with Crippen LogP contribution >= 0.6 is 0 Å². The Labute approximate surface area is 94.9 Å². The molecule has 6 nitrogen and oxygen atoms in total. The summed E-state index contributed by atoms with van der Waals surface area (Å²) in [6.45, 7) is 4.45. The molecule has 0 aromatic carbocycles. The number of carbonyl (C=O) groups excluding carboxylic acids is 2. The fourth-order valence-electron chi connectivity index (χ4n) is 1.66. The van der Waals surface area contributed by atoms with Crippen LogP contribution in [-0.4, -0.2) is 36.7 Å². The van der Waals surface area contributed by atoms with Crippen molar-refractivity contribution in [2.24, 2.45) is 5.73 Å². The maximum absolute atomic E-state index is 11.3. The van der Waals surface area contributed by atoms with E-state index in [1.165, 1.54) is 0 Å². The van der Waals surface area contributed by atoms with Crippen LogP contribution in [0, 0.1) is 0 Å². The summed E-state index contributed by atoms with van der Waals surface area (Å²) in [5.41, 5.74) is 4.84. The highest BCUT2D eigenvalue weighted by Crippen LogP contribution is 2.12. The van der Waals surface area contributed by atoms with Crippen molar-refractivity contribution in [2.45, 2.75) is 44.9 Å². The van der Waals surface area contributed by atoms with Gasteiger partial charge in [0.15, 0.2) is 0 Å². The van der Waals surface area contributed by atoms with E-state index in [0.717, 1.165) is 19.4 Å². The number of hydrogen-bond acceptors (Lipinski definition) is 4. The molecule has 3 unspecified atom stereocenters. The molecule has 6 heteroatoms. The quantitative estimate of drug-likeness (QED) is 0.621. The molecule has 1 aliphatic rings. The van der Waals surface area contributed by atoms with Gasteiger partial charge in [-0.2, -0.15) is 0 Å². The molecule has 92 valence electrons. The van der Waals surface area contributed by atoms with Gasteiger partial charge in [-0.25, -0.2) is 4.79 Å². The predicted molar refractivity (Wildman–Crippen MR) is 58.8 cm³/mol. The van der Waals surface area contributed by atoms with E-state index in [1.807, 2.05) is 5.32 Å². The van der Waals surface area contributed by atoms with Crippen LogP contribution in [0.5, 0.6) is 0 Å². The lowest BCUT2D eigenvalue weighted by Gasteiger charge is -2.29. The number of ether oxygens (including phenoxy) is 1. The maximum atomic E-state index is 11.3. The van der Waals surface area contributed by atoms with Crippen LogP contribution in [0.25, 0.3) is 0 Å². The number of hydrogen-bond donors (Lipinski definition) is 3. The fourth-order valence-corrected chi connectivity index (χ4v) is 1.66. The van der Waals surface area contributed by atoms with Crippen molar-refractivity contribution < 1.29 is 14.3 Å². The molecular weight excluding hydrogens is 210 g/mol. The van der Waals surface area contributed by atoms with Crippen molar-refractivity contribution in [2.75, 3.05) is 6.54 Å². The largest absolute Gasteiger partial charge is 0.364 e. The van der Waals surface area contributed by atoms with E-state index in [1.54, 1.807) is 6.92 Å². The smallest absolute Gasteiger partial charge is 0.318 e. The van der Waals surface area contributed by atoms with Crippen LogP contribution in [-0.2, 0) is 9.53 Å². The normalized spacial score (nSPS) is 27.1. The number of primary amides is 1. The molecule has 16 heavy (non-hydrogen) atoms. The zero-order valence-corrected chi connectivity index (χ0v) is 9.66. The van der Waals surface area contributed by atoms with Crippen molar-refractivity contribution in [3.05, 3.63) is 0 Å². The Bertz CT molecular complexity index is 262. The van der Waals surface area contributed by atoms with Gasteiger partial charge in [-0.1, -0.05) is 0 Å². The highest BCUT2D eigenvalue weighted by Gasteiger charge is 2.23. The first-order chi connectivity index (χ1) is 7.49. The molecule has 1 rings (SSSR count). The van der Waals surface area contributed by atoms with Gasteiger partial charge in [0, 0.05) is 12.6 Å². The summed E-state index contributed by atoms with van der Waals surface area (Å²) in [5, 5.41) is 5.26. The monoisotopic (exact) mass is 229 g/mol. The lowest BCUT2D eigenvalue weighted by atomic mass is 10.0. The van der Waals surface area contributed by atoms with E-state index >= 15 is 0 Å². The van der Waals surface area contributed by atoms with Gasteiger partial charge < -0.3 is 15.8 Å². The lowest BCUT2D eigenvalue weighted by Crippen LogP contribution is -2.46. The Morgan fingerprint density at radius 3 is 2.69 bits per heavy atom. The second kappa shape index (κ2) is 5.81. The van der Waals surface area contributed by atoms with E-state index in [4.69, 9.17) is 10.5 Å². The Kier molecular flexibility index (Phi) is 4.70. The minimum atomic E-state index is -0.851. The number of nitrogens with one attached hydrogen (secondary N) is 2. The molecule has 1 fully saturated rings. The summed E-state index contributed by atoms with van der Waals surface area (Å²) in [6, 6.07) is -0.356. The van der Waals surface area contributed by atoms with E-state index in [2.05, 4.69) is 12.2 Å². The van der Waals surface area contributed by atoms with E-state index in [-0.39, 0.29) is 6.10 Å². The average molecular weight is 229 g/mol. The minimum absolute atomic E-state index is 0.0184. The molecule has 0 aliphatic carbocycles. The van der Waals surface area contributed by atoms with Crippen molar-refractivity contribution in [1.29, 1.82) is 0 Å². The Balaban J connectivity index is 2.30. The first-order valence-electron chi connectivity index (χ1n) is 5.48. The van der Waals surface area contributed by atoms with E-state index < -0.39 is 18.0 Å². The van der Waals surface area contributed by atoms with Crippen molar-refractivity contribution >= 4 is 11.9 Å². The predicted octanol–water partition coefficient (Wildman–Crippen LogP) is -0.273. The summed E-state index contributed by atoms with van der Waals surface area (Å²) in [7, 11) is 0. The molecule has 3 atom stereocenters. The topological polar surface area (TPSA) is 93.4 Å². The third-order valence-electron chi connectivity index (χ3n) is 2.63. The van der Waals surface area contributed by atoms with E-state index in [0.29, 0.717) is 6.04 Å². The number of rotatable bonds is 3. The average Bonchev–Trinajstić information content (AvgIpc) is 2.20. The summed E-state index contributed by atoms with van der Waals surface area (Å²) in [5.74, 6) is -0.494. The molecular formula is C10H19N3O3. The van der Waals surface area contributed by atoms with Crippen molar-refractivity contribution in [1.82, 2.24) is 10.6 Å². The highest BCUT2D eigenvalue weighted by molar-refractivity contribution is 5.95. The molecule has 1 saturated heterocycles.